The summed E-state index contributed by atoms with van der Waals surface area (Å²) in [6.45, 7) is 3.23. The van der Waals surface area contributed by atoms with Crippen LogP contribution in [0.2, 0.25) is 0 Å². The number of hydrogen-bond acceptors (Lipinski definition) is 3. The molecule has 0 radical (unpaired) electrons. The van der Waals surface area contributed by atoms with Crippen LogP contribution < -0.4 is 10.6 Å². The minimum absolute atomic E-state index is 0.233. The molecule has 19 heavy (non-hydrogen) atoms. The predicted octanol–water partition coefficient (Wildman–Crippen LogP) is 2.56. The van der Waals surface area contributed by atoms with Crippen LogP contribution >= 0.6 is 11.8 Å². The molecule has 4 heteroatoms. The van der Waals surface area contributed by atoms with Crippen molar-refractivity contribution in [2.24, 2.45) is 5.92 Å². The summed E-state index contributed by atoms with van der Waals surface area (Å²) < 4.78 is 0. The third kappa shape index (κ3) is 5.35. The van der Waals surface area contributed by atoms with Crippen LogP contribution in [0.15, 0.2) is 0 Å². The minimum atomic E-state index is 0.233. The molecule has 0 spiro atoms. The van der Waals surface area contributed by atoms with E-state index in [0.717, 1.165) is 12.3 Å². The van der Waals surface area contributed by atoms with Gasteiger partial charge in [-0.3, -0.25) is 4.79 Å². The van der Waals surface area contributed by atoms with Gasteiger partial charge in [-0.1, -0.05) is 25.7 Å². The maximum atomic E-state index is 12.1. The molecule has 2 rings (SSSR count). The van der Waals surface area contributed by atoms with Gasteiger partial charge in [0.25, 0.3) is 0 Å². The summed E-state index contributed by atoms with van der Waals surface area (Å²) in [6, 6.07) is 0.724. The highest BCUT2D eigenvalue weighted by molar-refractivity contribution is 7.99. The first-order chi connectivity index (χ1) is 9.25. The van der Waals surface area contributed by atoms with Gasteiger partial charge in [0.05, 0.1) is 0 Å². The zero-order valence-electron chi connectivity index (χ0n) is 12.1. The standard InChI is InChI=1S/C15H28N2OS/c1-12(13-6-4-2-3-5-7-13)17-15(18)10-14-11-19-9-8-16-14/h12-14,16H,2-11H2,1H3,(H,17,18)/t12-,14?/m1/s1. The molecular weight excluding hydrogens is 256 g/mol. The van der Waals surface area contributed by atoms with Crippen molar-refractivity contribution >= 4 is 17.7 Å². The molecule has 1 aliphatic carbocycles. The number of carbonyl (C=O) groups excluding carboxylic acids is 1. The zero-order chi connectivity index (χ0) is 13.5. The summed E-state index contributed by atoms with van der Waals surface area (Å²) in [6.07, 6.45) is 8.65. The molecule has 1 heterocycles. The summed E-state index contributed by atoms with van der Waals surface area (Å²) in [5.74, 6) is 3.18. The quantitative estimate of drug-likeness (QED) is 0.780. The van der Waals surface area contributed by atoms with Gasteiger partial charge in [0.2, 0.25) is 5.91 Å². The van der Waals surface area contributed by atoms with Gasteiger partial charge in [0, 0.05) is 36.6 Å². The Kier molecular flexibility index (Phi) is 6.51. The first kappa shape index (κ1) is 15.2. The maximum absolute atomic E-state index is 12.1. The van der Waals surface area contributed by atoms with Crippen molar-refractivity contribution in [1.82, 2.24) is 10.6 Å². The van der Waals surface area contributed by atoms with E-state index in [-0.39, 0.29) is 5.91 Å². The molecule has 2 fully saturated rings. The van der Waals surface area contributed by atoms with E-state index in [0.29, 0.717) is 24.4 Å². The molecule has 1 saturated carbocycles. The molecule has 2 atom stereocenters. The molecule has 0 aromatic heterocycles. The van der Waals surface area contributed by atoms with Crippen molar-refractivity contribution in [3.05, 3.63) is 0 Å². The third-order valence-corrected chi connectivity index (χ3v) is 5.56. The summed E-state index contributed by atoms with van der Waals surface area (Å²) in [5, 5.41) is 6.67. The summed E-state index contributed by atoms with van der Waals surface area (Å²) in [4.78, 5) is 12.1. The van der Waals surface area contributed by atoms with E-state index in [1.165, 1.54) is 44.3 Å². The van der Waals surface area contributed by atoms with E-state index in [4.69, 9.17) is 0 Å². The SMILES string of the molecule is C[C@@H](NC(=O)CC1CSCCN1)C1CCCCCC1. The van der Waals surface area contributed by atoms with Crippen LogP contribution in [0.3, 0.4) is 0 Å². The lowest BCUT2D eigenvalue weighted by Gasteiger charge is -2.26. The molecule has 0 aromatic carbocycles. The fourth-order valence-corrected chi connectivity index (χ4v) is 4.17. The van der Waals surface area contributed by atoms with Gasteiger partial charge in [0.1, 0.15) is 0 Å². The van der Waals surface area contributed by atoms with Gasteiger partial charge in [-0.2, -0.15) is 11.8 Å². The van der Waals surface area contributed by atoms with E-state index < -0.39 is 0 Å². The van der Waals surface area contributed by atoms with Crippen LogP contribution in [-0.4, -0.2) is 36.0 Å². The number of amides is 1. The molecule has 2 aliphatic rings. The largest absolute Gasteiger partial charge is 0.353 e. The number of rotatable bonds is 4. The minimum Gasteiger partial charge on any atom is -0.353 e. The molecule has 1 saturated heterocycles. The number of thioether (sulfide) groups is 1. The second-order valence-corrected chi connectivity index (χ2v) is 7.19. The highest BCUT2D eigenvalue weighted by Gasteiger charge is 2.22. The van der Waals surface area contributed by atoms with Crippen molar-refractivity contribution in [3.63, 3.8) is 0 Å². The van der Waals surface area contributed by atoms with Crippen LogP contribution in [0.5, 0.6) is 0 Å². The van der Waals surface area contributed by atoms with Crippen molar-refractivity contribution in [2.45, 2.75) is 64.0 Å². The van der Waals surface area contributed by atoms with Gasteiger partial charge < -0.3 is 10.6 Å². The maximum Gasteiger partial charge on any atom is 0.221 e. The molecule has 110 valence electrons. The topological polar surface area (TPSA) is 41.1 Å². The Morgan fingerprint density at radius 1 is 1.32 bits per heavy atom. The lowest BCUT2D eigenvalue weighted by Crippen LogP contribution is -2.44. The van der Waals surface area contributed by atoms with E-state index in [9.17, 15) is 4.79 Å². The fraction of sp³-hybridized carbons (Fsp3) is 0.933. The van der Waals surface area contributed by atoms with Gasteiger partial charge in [-0.15, -0.1) is 0 Å². The molecule has 1 aliphatic heterocycles. The van der Waals surface area contributed by atoms with E-state index >= 15 is 0 Å². The van der Waals surface area contributed by atoms with Crippen LogP contribution in [0.25, 0.3) is 0 Å². The van der Waals surface area contributed by atoms with E-state index in [1.54, 1.807) is 0 Å². The normalized spacial score (nSPS) is 27.5. The first-order valence-electron chi connectivity index (χ1n) is 7.86. The molecule has 1 unspecified atom stereocenters. The highest BCUT2D eigenvalue weighted by Crippen LogP contribution is 2.25. The Hall–Kier alpha value is -0.220. The van der Waals surface area contributed by atoms with Gasteiger partial charge in [-0.25, -0.2) is 0 Å². The van der Waals surface area contributed by atoms with Crippen molar-refractivity contribution in [2.75, 3.05) is 18.1 Å². The van der Waals surface area contributed by atoms with Gasteiger partial charge in [0.15, 0.2) is 0 Å². The average molecular weight is 284 g/mol. The molecule has 2 N–H and O–H groups in total. The van der Waals surface area contributed by atoms with Crippen LogP contribution in [-0.2, 0) is 4.79 Å². The zero-order valence-corrected chi connectivity index (χ0v) is 12.9. The lowest BCUT2D eigenvalue weighted by atomic mass is 9.93. The summed E-state index contributed by atoms with van der Waals surface area (Å²) in [5.41, 5.74) is 0. The number of carbonyl (C=O) groups is 1. The van der Waals surface area contributed by atoms with Crippen LogP contribution in [0, 0.1) is 5.92 Å². The van der Waals surface area contributed by atoms with Crippen LogP contribution in [0.4, 0.5) is 0 Å². The first-order valence-corrected chi connectivity index (χ1v) is 9.01. The Labute approximate surface area is 121 Å². The second-order valence-electron chi connectivity index (χ2n) is 6.04. The van der Waals surface area contributed by atoms with Crippen molar-refractivity contribution in [3.8, 4) is 0 Å². The van der Waals surface area contributed by atoms with Crippen LogP contribution in [0.1, 0.15) is 51.9 Å². The Morgan fingerprint density at radius 2 is 2.05 bits per heavy atom. The van der Waals surface area contributed by atoms with Crippen molar-refractivity contribution in [1.29, 1.82) is 0 Å². The molecule has 0 bridgehead atoms. The number of nitrogens with one attached hydrogen (secondary N) is 2. The highest BCUT2D eigenvalue weighted by atomic mass is 32.2. The fourth-order valence-electron chi connectivity index (χ4n) is 3.22. The molecule has 3 nitrogen and oxygen atoms in total. The summed E-state index contributed by atoms with van der Waals surface area (Å²) >= 11 is 1.95. The molecule has 1 amide bonds. The third-order valence-electron chi connectivity index (χ3n) is 4.43. The van der Waals surface area contributed by atoms with Gasteiger partial charge >= 0.3 is 0 Å². The lowest BCUT2D eigenvalue weighted by molar-refractivity contribution is -0.122. The van der Waals surface area contributed by atoms with Crippen molar-refractivity contribution < 1.29 is 4.79 Å². The monoisotopic (exact) mass is 284 g/mol. The Morgan fingerprint density at radius 3 is 2.68 bits per heavy atom. The Bertz CT molecular complexity index is 271. The second kappa shape index (κ2) is 8.15. The summed E-state index contributed by atoms with van der Waals surface area (Å²) in [7, 11) is 0. The van der Waals surface area contributed by atoms with E-state index in [1.807, 2.05) is 11.8 Å². The Balaban J connectivity index is 1.70. The average Bonchev–Trinajstić information content (AvgIpc) is 2.68. The number of hydrogen-bond donors (Lipinski definition) is 2. The van der Waals surface area contributed by atoms with E-state index in [2.05, 4.69) is 17.6 Å². The van der Waals surface area contributed by atoms with Gasteiger partial charge in [-0.05, 0) is 25.7 Å². The predicted molar refractivity (Wildman–Crippen MR) is 82.5 cm³/mol. The smallest absolute Gasteiger partial charge is 0.221 e. The molecular formula is C15H28N2OS. The molecule has 0 aromatic rings.